The van der Waals surface area contributed by atoms with Gasteiger partial charge in [0.05, 0.1) is 0 Å². The van der Waals surface area contributed by atoms with E-state index in [1.54, 1.807) is 20.8 Å². The maximum Gasteiger partial charge on any atom is 0.408 e. The van der Waals surface area contributed by atoms with E-state index >= 15 is 0 Å². The molecule has 1 aromatic rings. The van der Waals surface area contributed by atoms with Gasteiger partial charge >= 0.3 is 12.1 Å². The molecule has 19 heavy (non-hydrogen) atoms. The highest BCUT2D eigenvalue weighted by Crippen LogP contribution is 2.17. The first-order valence-electron chi connectivity index (χ1n) is 5.95. The van der Waals surface area contributed by atoms with Gasteiger partial charge in [-0.3, -0.25) is 0 Å². The number of amides is 1. The van der Waals surface area contributed by atoms with Gasteiger partial charge in [0.2, 0.25) is 0 Å². The molecule has 0 aliphatic carbocycles. The normalized spacial score (nSPS) is 12.8. The minimum absolute atomic E-state index is 0.257. The Morgan fingerprint density at radius 3 is 2.47 bits per heavy atom. The molecule has 1 atom stereocenters. The Hall–Kier alpha value is -1.56. The summed E-state index contributed by atoms with van der Waals surface area (Å²) >= 11 is 1.52. The molecule has 6 heteroatoms. The fraction of sp³-hybridized carbons (Fsp3) is 0.538. The van der Waals surface area contributed by atoms with E-state index in [0.29, 0.717) is 0 Å². The average Bonchev–Trinajstić information content (AvgIpc) is 2.60. The van der Waals surface area contributed by atoms with Gasteiger partial charge in [-0.05, 0) is 39.8 Å². The van der Waals surface area contributed by atoms with Crippen molar-refractivity contribution >= 4 is 23.4 Å². The smallest absolute Gasteiger partial charge is 0.408 e. The van der Waals surface area contributed by atoms with E-state index in [9.17, 15) is 9.59 Å². The van der Waals surface area contributed by atoms with Crippen LogP contribution < -0.4 is 5.32 Å². The molecule has 0 aromatic carbocycles. The van der Waals surface area contributed by atoms with Crippen LogP contribution in [-0.4, -0.2) is 28.8 Å². The number of hydrogen-bond acceptors (Lipinski definition) is 4. The van der Waals surface area contributed by atoms with Crippen LogP contribution in [0, 0.1) is 6.92 Å². The number of thiophene rings is 1. The molecule has 0 saturated heterocycles. The molecule has 0 unspecified atom stereocenters. The van der Waals surface area contributed by atoms with Crippen molar-refractivity contribution in [2.24, 2.45) is 0 Å². The zero-order valence-electron chi connectivity index (χ0n) is 11.5. The first-order chi connectivity index (χ1) is 8.67. The Morgan fingerprint density at radius 1 is 1.42 bits per heavy atom. The Labute approximate surface area is 116 Å². The zero-order valence-corrected chi connectivity index (χ0v) is 12.3. The van der Waals surface area contributed by atoms with Crippen molar-refractivity contribution in [2.45, 2.75) is 45.8 Å². The van der Waals surface area contributed by atoms with E-state index in [2.05, 4.69) is 5.32 Å². The lowest BCUT2D eigenvalue weighted by molar-refractivity contribution is -0.139. The van der Waals surface area contributed by atoms with Crippen molar-refractivity contribution in [3.63, 3.8) is 0 Å². The van der Waals surface area contributed by atoms with Gasteiger partial charge in [0.25, 0.3) is 0 Å². The number of carbonyl (C=O) groups is 2. The minimum Gasteiger partial charge on any atom is -0.480 e. The fourth-order valence-corrected chi connectivity index (χ4v) is 2.38. The molecule has 0 aliphatic heterocycles. The van der Waals surface area contributed by atoms with Crippen LogP contribution in [0.25, 0.3) is 0 Å². The molecule has 0 aliphatic rings. The van der Waals surface area contributed by atoms with E-state index in [4.69, 9.17) is 9.84 Å². The van der Waals surface area contributed by atoms with Gasteiger partial charge in [-0.2, -0.15) is 0 Å². The highest BCUT2D eigenvalue weighted by molar-refractivity contribution is 7.11. The van der Waals surface area contributed by atoms with Crippen LogP contribution in [0.3, 0.4) is 0 Å². The Balaban J connectivity index is 2.63. The topological polar surface area (TPSA) is 75.6 Å². The number of carboxylic acids is 1. The first kappa shape index (κ1) is 15.5. The molecule has 0 saturated carbocycles. The summed E-state index contributed by atoms with van der Waals surface area (Å²) in [6.07, 6.45) is -0.458. The summed E-state index contributed by atoms with van der Waals surface area (Å²) < 4.78 is 5.05. The number of nitrogens with one attached hydrogen (secondary N) is 1. The minimum atomic E-state index is -1.07. The van der Waals surface area contributed by atoms with Gasteiger partial charge in [-0.15, -0.1) is 11.3 Å². The van der Waals surface area contributed by atoms with Crippen LogP contribution in [-0.2, 0) is 16.0 Å². The lowest BCUT2D eigenvalue weighted by Gasteiger charge is -2.21. The van der Waals surface area contributed by atoms with Crippen molar-refractivity contribution in [3.8, 4) is 0 Å². The second-order valence-corrected chi connectivity index (χ2v) is 6.63. The second-order valence-electron chi connectivity index (χ2n) is 5.25. The quantitative estimate of drug-likeness (QED) is 0.891. The third-order valence-corrected chi connectivity index (χ3v) is 3.21. The van der Waals surface area contributed by atoms with Crippen LogP contribution in [0.15, 0.2) is 12.1 Å². The molecule has 0 bridgehead atoms. The fourth-order valence-electron chi connectivity index (χ4n) is 1.45. The second kappa shape index (κ2) is 6.06. The molecular weight excluding hydrogens is 266 g/mol. The summed E-state index contributed by atoms with van der Waals surface area (Å²) in [5.74, 6) is -1.07. The van der Waals surface area contributed by atoms with E-state index in [0.717, 1.165) is 9.75 Å². The van der Waals surface area contributed by atoms with Crippen molar-refractivity contribution < 1.29 is 19.4 Å². The zero-order chi connectivity index (χ0) is 14.6. The molecule has 0 radical (unpaired) electrons. The number of carbonyl (C=O) groups excluding carboxylic acids is 1. The molecule has 1 heterocycles. The third-order valence-electron chi connectivity index (χ3n) is 2.19. The van der Waals surface area contributed by atoms with Crippen molar-refractivity contribution in [2.75, 3.05) is 0 Å². The third kappa shape index (κ3) is 5.74. The van der Waals surface area contributed by atoms with E-state index < -0.39 is 23.7 Å². The van der Waals surface area contributed by atoms with Crippen LogP contribution in [0.2, 0.25) is 0 Å². The highest BCUT2D eigenvalue weighted by Gasteiger charge is 2.24. The number of rotatable bonds is 4. The Kier molecular flexibility index (Phi) is 4.94. The lowest BCUT2D eigenvalue weighted by Crippen LogP contribution is -2.44. The molecule has 1 rings (SSSR count). The molecule has 2 N–H and O–H groups in total. The van der Waals surface area contributed by atoms with Gasteiger partial charge in [-0.1, -0.05) is 0 Å². The molecular formula is C13H19NO4S. The summed E-state index contributed by atoms with van der Waals surface area (Å²) in [4.78, 5) is 24.7. The van der Waals surface area contributed by atoms with E-state index in [1.165, 1.54) is 11.3 Å². The van der Waals surface area contributed by atoms with Gasteiger partial charge < -0.3 is 15.2 Å². The summed E-state index contributed by atoms with van der Waals surface area (Å²) in [7, 11) is 0. The largest absolute Gasteiger partial charge is 0.480 e. The number of carboxylic acid groups (broad SMARTS) is 1. The average molecular weight is 285 g/mol. The SMILES string of the molecule is Cc1ccc(C[C@@H](NC(=O)OC(C)(C)C)C(=O)O)s1. The van der Waals surface area contributed by atoms with Gasteiger partial charge in [-0.25, -0.2) is 9.59 Å². The van der Waals surface area contributed by atoms with Gasteiger partial charge in [0.1, 0.15) is 11.6 Å². The van der Waals surface area contributed by atoms with Crippen molar-refractivity contribution in [1.29, 1.82) is 0 Å². The number of ether oxygens (including phenoxy) is 1. The maximum absolute atomic E-state index is 11.6. The Morgan fingerprint density at radius 2 is 2.05 bits per heavy atom. The summed E-state index contributed by atoms with van der Waals surface area (Å²) in [5, 5.41) is 11.5. The molecule has 5 nitrogen and oxygen atoms in total. The number of aryl methyl sites for hydroxylation is 1. The predicted molar refractivity (Wildman–Crippen MR) is 73.6 cm³/mol. The van der Waals surface area contributed by atoms with Gasteiger partial charge in [0, 0.05) is 16.2 Å². The summed E-state index contributed by atoms with van der Waals surface area (Å²) in [6, 6.07) is 2.81. The monoisotopic (exact) mass is 285 g/mol. The number of alkyl carbamates (subject to hydrolysis) is 1. The lowest BCUT2D eigenvalue weighted by atomic mass is 10.2. The number of hydrogen-bond donors (Lipinski definition) is 2. The van der Waals surface area contributed by atoms with Crippen molar-refractivity contribution in [3.05, 3.63) is 21.9 Å². The first-order valence-corrected chi connectivity index (χ1v) is 6.76. The summed E-state index contributed by atoms with van der Waals surface area (Å²) in [5.41, 5.74) is -0.646. The molecule has 0 spiro atoms. The standard InChI is InChI=1S/C13H19NO4S/c1-8-5-6-9(19-8)7-10(11(15)16)14-12(17)18-13(2,3)4/h5-6,10H,7H2,1-4H3,(H,14,17)(H,15,16)/t10-/m1/s1. The maximum atomic E-state index is 11.6. The van der Waals surface area contributed by atoms with Crippen LogP contribution in [0.4, 0.5) is 4.79 Å². The highest BCUT2D eigenvalue weighted by atomic mass is 32.1. The molecule has 1 aromatic heterocycles. The van der Waals surface area contributed by atoms with E-state index in [-0.39, 0.29) is 6.42 Å². The summed E-state index contributed by atoms with van der Waals surface area (Å²) in [6.45, 7) is 7.13. The van der Waals surface area contributed by atoms with Crippen molar-refractivity contribution in [1.82, 2.24) is 5.32 Å². The van der Waals surface area contributed by atoms with Gasteiger partial charge in [0.15, 0.2) is 0 Å². The van der Waals surface area contributed by atoms with Crippen LogP contribution >= 0.6 is 11.3 Å². The predicted octanol–water partition coefficient (Wildman–Crippen LogP) is 2.58. The van der Waals surface area contributed by atoms with E-state index in [1.807, 2.05) is 19.1 Å². The van der Waals surface area contributed by atoms with Crippen LogP contribution in [0.5, 0.6) is 0 Å². The van der Waals surface area contributed by atoms with Crippen LogP contribution in [0.1, 0.15) is 30.5 Å². The molecule has 106 valence electrons. The Bertz CT molecular complexity index is 461. The molecule has 0 fully saturated rings. The molecule has 1 amide bonds. The number of aliphatic carboxylic acids is 1.